The summed E-state index contributed by atoms with van der Waals surface area (Å²) in [5, 5.41) is 0.997. The molecular formula is C20H16BrNO. The topological polar surface area (TPSA) is 30.0 Å². The van der Waals surface area contributed by atoms with E-state index in [1.54, 1.807) is 6.92 Å². The van der Waals surface area contributed by atoms with E-state index in [2.05, 4.69) is 20.9 Å². The molecule has 0 saturated heterocycles. The standard InChI is InChI=1S/C20H16BrNO/c1-13-20(14(2)23)18(17-5-3-4-6-19(17)22-13)12-9-15-7-10-16(21)11-8-15/h3-12H,1-2H3/b12-9+. The largest absolute Gasteiger partial charge is 0.294 e. The van der Waals surface area contributed by atoms with E-state index < -0.39 is 0 Å². The fourth-order valence-electron chi connectivity index (χ4n) is 2.74. The number of halogens is 1. The van der Waals surface area contributed by atoms with Crippen molar-refractivity contribution in [2.24, 2.45) is 0 Å². The van der Waals surface area contributed by atoms with Crippen LogP contribution in [0.4, 0.5) is 0 Å². The number of pyridine rings is 1. The molecule has 0 saturated carbocycles. The minimum absolute atomic E-state index is 0.0382. The monoisotopic (exact) mass is 365 g/mol. The second-order valence-electron chi connectivity index (χ2n) is 5.44. The summed E-state index contributed by atoms with van der Waals surface area (Å²) >= 11 is 3.44. The van der Waals surface area contributed by atoms with E-state index in [1.807, 2.05) is 67.6 Å². The number of carbonyl (C=O) groups is 1. The van der Waals surface area contributed by atoms with Crippen LogP contribution in [0, 0.1) is 6.92 Å². The molecular weight excluding hydrogens is 350 g/mol. The van der Waals surface area contributed by atoms with Crippen molar-refractivity contribution < 1.29 is 4.79 Å². The van der Waals surface area contributed by atoms with Crippen molar-refractivity contribution in [3.63, 3.8) is 0 Å². The van der Waals surface area contributed by atoms with Gasteiger partial charge < -0.3 is 0 Å². The van der Waals surface area contributed by atoms with Crippen LogP contribution in [-0.4, -0.2) is 10.8 Å². The fourth-order valence-corrected chi connectivity index (χ4v) is 3.00. The quantitative estimate of drug-likeness (QED) is 0.559. The van der Waals surface area contributed by atoms with Crippen molar-refractivity contribution in [2.45, 2.75) is 13.8 Å². The lowest BCUT2D eigenvalue weighted by atomic mass is 9.97. The summed E-state index contributed by atoms with van der Waals surface area (Å²) in [4.78, 5) is 16.7. The maximum Gasteiger partial charge on any atom is 0.162 e. The van der Waals surface area contributed by atoms with Gasteiger partial charge in [0.2, 0.25) is 0 Å². The van der Waals surface area contributed by atoms with Crippen LogP contribution in [0.1, 0.15) is 34.1 Å². The van der Waals surface area contributed by atoms with Crippen molar-refractivity contribution in [3.8, 4) is 0 Å². The third kappa shape index (κ3) is 3.25. The molecule has 0 amide bonds. The second-order valence-corrected chi connectivity index (χ2v) is 6.36. The Bertz CT molecular complexity index is 911. The summed E-state index contributed by atoms with van der Waals surface area (Å²) < 4.78 is 1.05. The number of aryl methyl sites for hydroxylation is 1. The van der Waals surface area contributed by atoms with E-state index in [1.165, 1.54) is 0 Å². The maximum atomic E-state index is 12.1. The molecule has 3 aromatic rings. The lowest BCUT2D eigenvalue weighted by Crippen LogP contribution is -2.03. The number of carbonyl (C=O) groups excluding carboxylic acids is 1. The van der Waals surface area contributed by atoms with Gasteiger partial charge in [-0.2, -0.15) is 0 Å². The molecule has 0 bridgehead atoms. The van der Waals surface area contributed by atoms with Gasteiger partial charge in [0.25, 0.3) is 0 Å². The van der Waals surface area contributed by atoms with Gasteiger partial charge in [0.1, 0.15) is 0 Å². The predicted molar refractivity (Wildman–Crippen MR) is 99.6 cm³/mol. The average molecular weight is 366 g/mol. The Labute approximate surface area is 144 Å². The van der Waals surface area contributed by atoms with Crippen molar-refractivity contribution in [1.29, 1.82) is 0 Å². The number of Topliss-reactive ketones (excluding diaryl/α,β-unsaturated/α-hetero) is 1. The van der Waals surface area contributed by atoms with Gasteiger partial charge in [-0.05, 0) is 43.2 Å². The molecule has 0 fully saturated rings. The molecule has 1 aromatic heterocycles. The van der Waals surface area contributed by atoms with E-state index in [9.17, 15) is 4.79 Å². The number of ketones is 1. The van der Waals surface area contributed by atoms with Crippen molar-refractivity contribution in [3.05, 3.63) is 75.4 Å². The molecule has 0 radical (unpaired) electrons. The number of nitrogens with zero attached hydrogens (tertiary/aromatic N) is 1. The Morgan fingerprint density at radius 1 is 1.04 bits per heavy atom. The van der Waals surface area contributed by atoms with Crippen LogP contribution < -0.4 is 0 Å². The minimum atomic E-state index is 0.0382. The first-order valence-corrected chi connectivity index (χ1v) is 8.19. The third-order valence-corrected chi connectivity index (χ3v) is 4.31. The molecule has 0 atom stereocenters. The predicted octanol–water partition coefficient (Wildman–Crippen LogP) is 5.68. The number of hydrogen-bond donors (Lipinski definition) is 0. The number of benzene rings is 2. The number of aromatic nitrogens is 1. The number of hydrogen-bond acceptors (Lipinski definition) is 2. The summed E-state index contributed by atoms with van der Waals surface area (Å²) in [6.07, 6.45) is 4.04. The second kappa shape index (κ2) is 6.47. The molecule has 0 aliphatic rings. The first-order chi connectivity index (χ1) is 11.1. The molecule has 3 rings (SSSR count). The van der Waals surface area contributed by atoms with Crippen LogP contribution >= 0.6 is 15.9 Å². The molecule has 2 aromatic carbocycles. The molecule has 0 aliphatic carbocycles. The first kappa shape index (κ1) is 15.6. The van der Waals surface area contributed by atoms with E-state index in [4.69, 9.17) is 0 Å². The highest BCUT2D eigenvalue weighted by molar-refractivity contribution is 9.10. The Morgan fingerprint density at radius 2 is 1.74 bits per heavy atom. The normalized spacial score (nSPS) is 11.3. The SMILES string of the molecule is CC(=O)c1c(C)nc2ccccc2c1/C=C/c1ccc(Br)cc1. The highest BCUT2D eigenvalue weighted by atomic mass is 79.9. The minimum Gasteiger partial charge on any atom is -0.294 e. The van der Waals surface area contributed by atoms with Crippen LogP contribution in [0.2, 0.25) is 0 Å². The van der Waals surface area contributed by atoms with Gasteiger partial charge in [-0.1, -0.05) is 58.4 Å². The molecule has 3 heteroatoms. The zero-order chi connectivity index (χ0) is 16.4. The fraction of sp³-hybridized carbons (Fsp3) is 0.100. The van der Waals surface area contributed by atoms with E-state index in [0.717, 1.165) is 32.2 Å². The molecule has 23 heavy (non-hydrogen) atoms. The summed E-state index contributed by atoms with van der Waals surface area (Å²) in [6, 6.07) is 16.0. The lowest BCUT2D eigenvalue weighted by Gasteiger charge is -2.10. The number of fused-ring (bicyclic) bond motifs is 1. The van der Waals surface area contributed by atoms with Crippen LogP contribution in [-0.2, 0) is 0 Å². The van der Waals surface area contributed by atoms with Crippen molar-refractivity contribution in [1.82, 2.24) is 4.98 Å². The first-order valence-electron chi connectivity index (χ1n) is 7.40. The van der Waals surface area contributed by atoms with E-state index in [-0.39, 0.29) is 5.78 Å². The van der Waals surface area contributed by atoms with Gasteiger partial charge in [-0.15, -0.1) is 0 Å². The number of rotatable bonds is 3. The van der Waals surface area contributed by atoms with Crippen molar-refractivity contribution >= 4 is 44.8 Å². The zero-order valence-electron chi connectivity index (χ0n) is 13.0. The molecule has 1 heterocycles. The Hall–Kier alpha value is -2.26. The molecule has 0 spiro atoms. The zero-order valence-corrected chi connectivity index (χ0v) is 14.6. The van der Waals surface area contributed by atoms with Crippen LogP contribution in [0.3, 0.4) is 0 Å². The summed E-state index contributed by atoms with van der Waals surface area (Å²) in [5.74, 6) is 0.0382. The Kier molecular flexibility index (Phi) is 4.39. The summed E-state index contributed by atoms with van der Waals surface area (Å²) in [5.41, 5.74) is 4.39. The van der Waals surface area contributed by atoms with E-state index >= 15 is 0 Å². The Balaban J connectivity index is 2.19. The van der Waals surface area contributed by atoms with Crippen LogP contribution in [0.25, 0.3) is 23.1 Å². The highest BCUT2D eigenvalue weighted by Crippen LogP contribution is 2.26. The Morgan fingerprint density at radius 3 is 2.43 bits per heavy atom. The molecule has 114 valence electrons. The van der Waals surface area contributed by atoms with Crippen LogP contribution in [0.5, 0.6) is 0 Å². The third-order valence-electron chi connectivity index (χ3n) is 3.78. The van der Waals surface area contributed by atoms with Crippen LogP contribution in [0.15, 0.2) is 53.0 Å². The maximum absolute atomic E-state index is 12.1. The van der Waals surface area contributed by atoms with Gasteiger partial charge in [0.15, 0.2) is 5.78 Å². The van der Waals surface area contributed by atoms with Gasteiger partial charge in [0.05, 0.1) is 5.52 Å². The van der Waals surface area contributed by atoms with Crippen molar-refractivity contribution in [2.75, 3.05) is 0 Å². The summed E-state index contributed by atoms with van der Waals surface area (Å²) in [7, 11) is 0. The smallest absolute Gasteiger partial charge is 0.162 e. The van der Waals surface area contributed by atoms with Gasteiger partial charge >= 0.3 is 0 Å². The molecule has 0 aliphatic heterocycles. The number of para-hydroxylation sites is 1. The average Bonchev–Trinajstić information content (AvgIpc) is 2.53. The van der Waals surface area contributed by atoms with E-state index in [0.29, 0.717) is 5.56 Å². The molecule has 0 unspecified atom stereocenters. The van der Waals surface area contributed by atoms with Gasteiger partial charge in [0, 0.05) is 21.1 Å². The highest BCUT2D eigenvalue weighted by Gasteiger charge is 2.13. The van der Waals surface area contributed by atoms with Gasteiger partial charge in [-0.25, -0.2) is 0 Å². The van der Waals surface area contributed by atoms with Gasteiger partial charge in [-0.3, -0.25) is 9.78 Å². The molecule has 2 nitrogen and oxygen atoms in total. The molecule has 0 N–H and O–H groups in total. The lowest BCUT2D eigenvalue weighted by molar-refractivity contribution is 0.101. The summed E-state index contributed by atoms with van der Waals surface area (Å²) in [6.45, 7) is 3.48.